The molecule has 0 radical (unpaired) electrons. The number of aryl methyl sites for hydroxylation is 1. The van der Waals surface area contributed by atoms with Crippen molar-refractivity contribution in [2.45, 2.75) is 25.3 Å². The monoisotopic (exact) mass is 320 g/mol. The third-order valence-electron chi connectivity index (χ3n) is 3.20. The maximum Gasteiger partial charge on any atom is 0.312 e. The highest BCUT2D eigenvalue weighted by Crippen LogP contribution is 2.25. The van der Waals surface area contributed by atoms with Crippen LogP contribution in [0.2, 0.25) is 0 Å². The van der Waals surface area contributed by atoms with Crippen LogP contribution in [0, 0.1) is 24.0 Å². The van der Waals surface area contributed by atoms with E-state index in [1.165, 1.54) is 16.4 Å². The van der Waals surface area contributed by atoms with Gasteiger partial charge in [-0.25, -0.2) is 0 Å². The minimum atomic E-state index is -0.477. The molecule has 2 aromatic rings. The van der Waals surface area contributed by atoms with E-state index in [1.54, 1.807) is 13.8 Å². The van der Waals surface area contributed by atoms with Crippen molar-refractivity contribution in [2.75, 3.05) is 11.6 Å². The van der Waals surface area contributed by atoms with Crippen molar-refractivity contribution >= 4 is 29.0 Å². The first-order valence-electron chi connectivity index (χ1n) is 6.55. The van der Waals surface area contributed by atoms with Crippen LogP contribution >= 0.6 is 11.8 Å². The Labute approximate surface area is 131 Å². The average Bonchev–Trinajstić information content (AvgIpc) is 2.73. The molecule has 0 aliphatic rings. The predicted molar refractivity (Wildman–Crippen MR) is 85.2 cm³/mol. The molecule has 0 bridgehead atoms. The number of nitrogens with zero attached hydrogens (tertiary/aromatic N) is 3. The summed E-state index contributed by atoms with van der Waals surface area (Å²) < 4.78 is 1.35. The Hall–Kier alpha value is -2.35. The van der Waals surface area contributed by atoms with E-state index in [2.05, 4.69) is 10.4 Å². The van der Waals surface area contributed by atoms with Crippen molar-refractivity contribution in [3.63, 3.8) is 0 Å². The Kier molecular flexibility index (Phi) is 4.81. The summed E-state index contributed by atoms with van der Waals surface area (Å²) in [6.07, 6.45) is 1.93. The van der Waals surface area contributed by atoms with Crippen molar-refractivity contribution in [3.8, 4) is 0 Å². The van der Waals surface area contributed by atoms with Gasteiger partial charge in [-0.3, -0.25) is 19.6 Å². The second-order valence-corrected chi connectivity index (χ2v) is 5.53. The van der Waals surface area contributed by atoms with Gasteiger partial charge in [0.25, 0.3) is 0 Å². The maximum absolute atomic E-state index is 12.1. The molecule has 1 aromatic heterocycles. The number of anilines is 1. The van der Waals surface area contributed by atoms with E-state index in [-0.39, 0.29) is 18.1 Å². The Morgan fingerprint density at radius 2 is 2.09 bits per heavy atom. The van der Waals surface area contributed by atoms with Crippen LogP contribution < -0.4 is 5.32 Å². The standard InChI is InChI=1S/C14H16N4O3S/c1-9-14(18(20)21)10(2)17(16-9)8-13(19)15-11-6-4-5-7-12(11)22-3/h4-7H,8H2,1-3H3,(H,15,19). The summed E-state index contributed by atoms with van der Waals surface area (Å²) >= 11 is 1.53. The molecule has 0 aliphatic carbocycles. The van der Waals surface area contributed by atoms with Gasteiger partial charge in [0.15, 0.2) is 0 Å². The highest BCUT2D eigenvalue weighted by atomic mass is 32.2. The van der Waals surface area contributed by atoms with E-state index >= 15 is 0 Å². The molecule has 8 heteroatoms. The number of hydrogen-bond donors (Lipinski definition) is 1. The van der Waals surface area contributed by atoms with Crippen LogP contribution in [-0.4, -0.2) is 26.9 Å². The summed E-state index contributed by atoms with van der Waals surface area (Å²) in [6, 6.07) is 7.46. The number of benzene rings is 1. The number of hydrogen-bond acceptors (Lipinski definition) is 5. The molecule has 1 amide bonds. The minimum absolute atomic E-state index is 0.0442. The lowest BCUT2D eigenvalue weighted by atomic mass is 10.3. The highest BCUT2D eigenvalue weighted by Gasteiger charge is 2.22. The third-order valence-corrected chi connectivity index (χ3v) is 4.00. The highest BCUT2D eigenvalue weighted by molar-refractivity contribution is 7.98. The van der Waals surface area contributed by atoms with Gasteiger partial charge < -0.3 is 5.32 Å². The number of para-hydroxylation sites is 1. The lowest BCUT2D eigenvalue weighted by molar-refractivity contribution is -0.386. The molecular weight excluding hydrogens is 304 g/mol. The summed E-state index contributed by atoms with van der Waals surface area (Å²) in [6.45, 7) is 3.08. The van der Waals surface area contributed by atoms with E-state index in [1.807, 2.05) is 30.5 Å². The summed E-state index contributed by atoms with van der Waals surface area (Å²) in [5, 5.41) is 17.8. The van der Waals surface area contributed by atoms with Crippen LogP contribution in [0.3, 0.4) is 0 Å². The van der Waals surface area contributed by atoms with E-state index in [0.717, 1.165) is 10.6 Å². The lowest BCUT2D eigenvalue weighted by Crippen LogP contribution is -2.20. The van der Waals surface area contributed by atoms with Crippen molar-refractivity contribution in [3.05, 3.63) is 45.8 Å². The van der Waals surface area contributed by atoms with Crippen molar-refractivity contribution in [1.82, 2.24) is 9.78 Å². The minimum Gasteiger partial charge on any atom is -0.323 e. The van der Waals surface area contributed by atoms with Crippen LogP contribution in [0.15, 0.2) is 29.2 Å². The van der Waals surface area contributed by atoms with Gasteiger partial charge in [-0.1, -0.05) is 12.1 Å². The number of thioether (sulfide) groups is 1. The molecule has 7 nitrogen and oxygen atoms in total. The Morgan fingerprint density at radius 3 is 2.68 bits per heavy atom. The molecule has 0 fully saturated rings. The van der Waals surface area contributed by atoms with Crippen molar-refractivity contribution in [1.29, 1.82) is 0 Å². The summed E-state index contributed by atoms with van der Waals surface area (Å²) in [7, 11) is 0. The molecule has 1 N–H and O–H groups in total. The molecule has 0 saturated carbocycles. The number of nitrogens with one attached hydrogen (secondary N) is 1. The largest absolute Gasteiger partial charge is 0.323 e. The Bertz CT molecular complexity index is 727. The summed E-state index contributed by atoms with van der Waals surface area (Å²) in [4.78, 5) is 23.6. The molecule has 0 spiro atoms. The fraction of sp³-hybridized carbons (Fsp3) is 0.286. The number of nitro groups is 1. The Morgan fingerprint density at radius 1 is 1.41 bits per heavy atom. The van der Waals surface area contributed by atoms with Gasteiger partial charge in [0.05, 0.1) is 10.6 Å². The number of carbonyl (C=O) groups excluding carboxylic acids is 1. The fourth-order valence-corrected chi connectivity index (χ4v) is 2.73. The van der Waals surface area contributed by atoms with E-state index in [4.69, 9.17) is 0 Å². The van der Waals surface area contributed by atoms with Crippen LogP contribution in [0.4, 0.5) is 11.4 Å². The molecule has 1 heterocycles. The van der Waals surface area contributed by atoms with Crippen molar-refractivity contribution < 1.29 is 9.72 Å². The number of amides is 1. The zero-order valence-electron chi connectivity index (χ0n) is 12.5. The normalized spacial score (nSPS) is 10.5. The number of aromatic nitrogens is 2. The van der Waals surface area contributed by atoms with Gasteiger partial charge in [-0.05, 0) is 32.2 Å². The van der Waals surface area contributed by atoms with Gasteiger partial charge in [-0.15, -0.1) is 11.8 Å². The molecular formula is C14H16N4O3S. The van der Waals surface area contributed by atoms with Crippen LogP contribution in [-0.2, 0) is 11.3 Å². The first kappa shape index (κ1) is 16.0. The van der Waals surface area contributed by atoms with Gasteiger partial charge in [0.1, 0.15) is 17.9 Å². The van der Waals surface area contributed by atoms with Crippen LogP contribution in [0.1, 0.15) is 11.4 Å². The number of carbonyl (C=O) groups is 1. The molecule has 2 rings (SSSR count). The van der Waals surface area contributed by atoms with Gasteiger partial charge >= 0.3 is 5.69 Å². The molecule has 0 aliphatic heterocycles. The second kappa shape index (κ2) is 6.61. The topological polar surface area (TPSA) is 90.1 Å². The fourth-order valence-electron chi connectivity index (χ4n) is 2.18. The summed E-state index contributed by atoms with van der Waals surface area (Å²) in [5.74, 6) is -0.276. The molecule has 0 atom stereocenters. The molecule has 22 heavy (non-hydrogen) atoms. The van der Waals surface area contributed by atoms with E-state index in [0.29, 0.717) is 11.4 Å². The third kappa shape index (κ3) is 3.28. The molecule has 1 aromatic carbocycles. The Balaban J connectivity index is 2.16. The van der Waals surface area contributed by atoms with Gasteiger partial charge in [0.2, 0.25) is 5.91 Å². The van der Waals surface area contributed by atoms with Crippen molar-refractivity contribution in [2.24, 2.45) is 0 Å². The quantitative estimate of drug-likeness (QED) is 0.520. The SMILES string of the molecule is CSc1ccccc1NC(=O)Cn1nc(C)c([N+](=O)[O-])c1C. The van der Waals surface area contributed by atoms with Crippen LogP contribution in [0.25, 0.3) is 0 Å². The molecule has 0 saturated heterocycles. The zero-order valence-corrected chi connectivity index (χ0v) is 13.3. The maximum atomic E-state index is 12.1. The van der Waals surface area contributed by atoms with Gasteiger partial charge in [-0.2, -0.15) is 5.10 Å². The predicted octanol–water partition coefficient (Wildman–Crippen LogP) is 2.77. The summed E-state index contributed by atoms with van der Waals surface area (Å²) in [5.41, 5.74) is 1.35. The zero-order chi connectivity index (χ0) is 16.3. The van der Waals surface area contributed by atoms with Crippen LogP contribution in [0.5, 0.6) is 0 Å². The second-order valence-electron chi connectivity index (χ2n) is 4.68. The smallest absolute Gasteiger partial charge is 0.312 e. The number of rotatable bonds is 5. The van der Waals surface area contributed by atoms with Gasteiger partial charge in [0, 0.05) is 4.90 Å². The van der Waals surface area contributed by atoms with E-state index < -0.39 is 4.92 Å². The molecule has 0 unspecified atom stereocenters. The average molecular weight is 320 g/mol. The lowest BCUT2D eigenvalue weighted by Gasteiger charge is -2.09. The van der Waals surface area contributed by atoms with E-state index in [9.17, 15) is 14.9 Å². The molecule has 116 valence electrons. The first-order valence-corrected chi connectivity index (χ1v) is 7.77. The first-order chi connectivity index (χ1) is 10.4.